The molecule has 4 heteroatoms. The molecule has 2 aromatic heterocycles. The summed E-state index contributed by atoms with van der Waals surface area (Å²) in [5, 5.41) is 5.92. The Kier molecular flexibility index (Phi) is 3.16. The van der Waals surface area contributed by atoms with Crippen molar-refractivity contribution in [2.75, 3.05) is 7.11 Å². The van der Waals surface area contributed by atoms with Crippen LogP contribution in [0, 0.1) is 13.8 Å². The fraction of sp³-hybridized carbons (Fsp3) is 0.182. The minimum absolute atomic E-state index is 0.847. The van der Waals surface area contributed by atoms with Crippen molar-refractivity contribution >= 4 is 10.9 Å². The summed E-state index contributed by atoms with van der Waals surface area (Å²) in [6, 6.07) is 16.7. The van der Waals surface area contributed by atoms with Crippen LogP contribution in [0.15, 0.2) is 48.5 Å². The second kappa shape index (κ2) is 5.43. The van der Waals surface area contributed by atoms with E-state index in [4.69, 9.17) is 14.8 Å². The number of aryl methyl sites for hydroxylation is 2. The highest BCUT2D eigenvalue weighted by Crippen LogP contribution is 2.39. The predicted octanol–water partition coefficient (Wildman–Crippen LogP) is 4.62. The molecule has 4 aromatic rings. The first kappa shape index (κ1) is 15.1. The number of rotatable bonds is 2. The van der Waals surface area contributed by atoms with E-state index in [0.29, 0.717) is 0 Å². The van der Waals surface area contributed by atoms with E-state index in [1.807, 2.05) is 22.9 Å². The first-order chi connectivity index (χ1) is 12.7. The van der Waals surface area contributed by atoms with Gasteiger partial charge in [0.2, 0.25) is 0 Å². The van der Waals surface area contributed by atoms with Crippen LogP contribution in [0.1, 0.15) is 22.4 Å². The van der Waals surface area contributed by atoms with Crippen LogP contribution in [0.4, 0.5) is 0 Å². The zero-order valence-electron chi connectivity index (χ0n) is 15.1. The highest BCUT2D eigenvalue weighted by atomic mass is 16.5. The quantitative estimate of drug-likeness (QED) is 0.470. The third-order valence-electron chi connectivity index (χ3n) is 5.25. The minimum atomic E-state index is 0.847. The molecule has 0 N–H and O–H groups in total. The molecule has 0 atom stereocenters. The number of ether oxygens (including phenoxy) is 1. The maximum absolute atomic E-state index is 5.35. The number of fused-ring (bicyclic) bond motifs is 4. The van der Waals surface area contributed by atoms with E-state index in [9.17, 15) is 0 Å². The maximum atomic E-state index is 5.35. The summed E-state index contributed by atoms with van der Waals surface area (Å²) in [4.78, 5) is 4.89. The van der Waals surface area contributed by atoms with Crippen LogP contribution in [-0.2, 0) is 6.42 Å². The van der Waals surface area contributed by atoms with Crippen LogP contribution in [0.25, 0.3) is 28.0 Å². The molecule has 2 heterocycles. The monoisotopic (exact) mass is 341 g/mol. The fourth-order valence-corrected chi connectivity index (χ4v) is 3.90. The van der Waals surface area contributed by atoms with Gasteiger partial charge in [-0.2, -0.15) is 5.10 Å². The molecule has 0 bridgehead atoms. The Morgan fingerprint density at radius 3 is 2.73 bits per heavy atom. The number of benzene rings is 2. The van der Waals surface area contributed by atoms with Crippen molar-refractivity contribution < 1.29 is 4.74 Å². The molecule has 1 aliphatic rings. The van der Waals surface area contributed by atoms with Crippen molar-refractivity contribution in [3.63, 3.8) is 0 Å². The average Bonchev–Trinajstić information content (AvgIpc) is 3.19. The molecule has 0 radical (unpaired) electrons. The van der Waals surface area contributed by atoms with Gasteiger partial charge < -0.3 is 4.74 Å². The zero-order valence-corrected chi connectivity index (χ0v) is 15.1. The Balaban J connectivity index is 1.75. The third kappa shape index (κ3) is 2.08. The molecule has 26 heavy (non-hydrogen) atoms. The number of aromatic nitrogens is 3. The summed E-state index contributed by atoms with van der Waals surface area (Å²) in [7, 11) is 1.69. The Labute approximate surface area is 152 Å². The van der Waals surface area contributed by atoms with E-state index >= 15 is 0 Å². The molecule has 0 saturated carbocycles. The summed E-state index contributed by atoms with van der Waals surface area (Å²) < 4.78 is 7.36. The number of hydrogen-bond acceptors (Lipinski definition) is 3. The van der Waals surface area contributed by atoms with Gasteiger partial charge in [-0.3, -0.25) is 0 Å². The summed E-state index contributed by atoms with van der Waals surface area (Å²) in [6.45, 7) is 4.19. The Hall–Kier alpha value is -3.14. The molecule has 5 rings (SSSR count). The molecule has 4 nitrogen and oxygen atoms in total. The largest absolute Gasteiger partial charge is 0.497 e. The standard InChI is InChI=1S/C22H19N3O/c1-13-10-21(23-20-9-8-16(26-3)12-18(13)20)25-22-17-7-5-4-6-15(17)11-19(22)14(2)24-25/h4-10,12H,11H2,1-3H3. The number of hydrogen-bond donors (Lipinski definition) is 0. The van der Waals surface area contributed by atoms with Crippen LogP contribution < -0.4 is 4.74 Å². The van der Waals surface area contributed by atoms with Crippen molar-refractivity contribution in [1.29, 1.82) is 0 Å². The van der Waals surface area contributed by atoms with Crippen LogP contribution in [0.3, 0.4) is 0 Å². The lowest BCUT2D eigenvalue weighted by Crippen LogP contribution is -2.03. The normalized spacial score (nSPS) is 12.3. The van der Waals surface area contributed by atoms with Crippen molar-refractivity contribution in [2.45, 2.75) is 20.3 Å². The molecule has 0 fully saturated rings. The second-order valence-electron chi connectivity index (χ2n) is 6.84. The molecule has 0 amide bonds. The van der Waals surface area contributed by atoms with E-state index in [2.05, 4.69) is 44.2 Å². The van der Waals surface area contributed by atoms with E-state index in [1.54, 1.807) is 7.11 Å². The van der Waals surface area contributed by atoms with Gasteiger partial charge in [-0.1, -0.05) is 24.3 Å². The van der Waals surface area contributed by atoms with Gasteiger partial charge in [0.25, 0.3) is 0 Å². The van der Waals surface area contributed by atoms with Gasteiger partial charge in [-0.05, 0) is 49.2 Å². The summed E-state index contributed by atoms with van der Waals surface area (Å²) >= 11 is 0. The molecule has 2 aromatic carbocycles. The van der Waals surface area contributed by atoms with Crippen LogP contribution in [-0.4, -0.2) is 21.9 Å². The van der Waals surface area contributed by atoms with E-state index in [-0.39, 0.29) is 0 Å². The Morgan fingerprint density at radius 2 is 1.88 bits per heavy atom. The van der Waals surface area contributed by atoms with E-state index in [1.165, 1.54) is 22.4 Å². The van der Waals surface area contributed by atoms with Gasteiger partial charge in [0.15, 0.2) is 5.82 Å². The third-order valence-corrected chi connectivity index (χ3v) is 5.25. The predicted molar refractivity (Wildman–Crippen MR) is 103 cm³/mol. The van der Waals surface area contributed by atoms with E-state index < -0.39 is 0 Å². The summed E-state index contributed by atoms with van der Waals surface area (Å²) in [5.74, 6) is 1.71. The van der Waals surface area contributed by atoms with Crippen molar-refractivity contribution in [2.24, 2.45) is 0 Å². The molecule has 1 aliphatic carbocycles. The highest BCUT2D eigenvalue weighted by Gasteiger charge is 2.26. The first-order valence-electron chi connectivity index (χ1n) is 8.78. The molecular weight excluding hydrogens is 322 g/mol. The van der Waals surface area contributed by atoms with Crippen molar-refractivity contribution in [1.82, 2.24) is 14.8 Å². The molecule has 0 unspecified atom stereocenters. The zero-order chi connectivity index (χ0) is 17.8. The van der Waals surface area contributed by atoms with Crippen molar-refractivity contribution in [3.8, 4) is 22.8 Å². The Bertz CT molecular complexity index is 1170. The maximum Gasteiger partial charge on any atom is 0.155 e. The van der Waals surface area contributed by atoms with Crippen LogP contribution >= 0.6 is 0 Å². The lowest BCUT2D eigenvalue weighted by atomic mass is 10.1. The SMILES string of the molecule is COc1ccc2nc(-n3nc(C)c4c3-c3ccccc3C4)cc(C)c2c1. The van der Waals surface area contributed by atoms with Gasteiger partial charge in [-0.15, -0.1) is 0 Å². The summed E-state index contributed by atoms with van der Waals surface area (Å²) in [5.41, 5.74) is 8.30. The van der Waals surface area contributed by atoms with Crippen LogP contribution in [0.5, 0.6) is 5.75 Å². The lowest BCUT2D eigenvalue weighted by molar-refractivity contribution is 0.415. The van der Waals surface area contributed by atoms with Gasteiger partial charge in [0.05, 0.1) is 24.0 Å². The minimum Gasteiger partial charge on any atom is -0.497 e. The highest BCUT2D eigenvalue weighted by molar-refractivity contribution is 5.85. The molecule has 0 aliphatic heterocycles. The molecule has 0 saturated heterocycles. The number of nitrogens with zero attached hydrogens (tertiary/aromatic N) is 3. The van der Waals surface area contributed by atoms with E-state index in [0.717, 1.165) is 40.1 Å². The van der Waals surface area contributed by atoms with Gasteiger partial charge in [-0.25, -0.2) is 9.67 Å². The summed E-state index contributed by atoms with van der Waals surface area (Å²) in [6.07, 6.45) is 0.946. The number of pyridine rings is 1. The smallest absolute Gasteiger partial charge is 0.155 e. The first-order valence-corrected chi connectivity index (χ1v) is 8.78. The average molecular weight is 341 g/mol. The topological polar surface area (TPSA) is 39.9 Å². The number of methoxy groups -OCH3 is 1. The Morgan fingerprint density at radius 1 is 1.04 bits per heavy atom. The molecule has 128 valence electrons. The lowest BCUT2D eigenvalue weighted by Gasteiger charge is -2.11. The van der Waals surface area contributed by atoms with Crippen molar-refractivity contribution in [3.05, 3.63) is 70.9 Å². The second-order valence-corrected chi connectivity index (χ2v) is 6.84. The fourth-order valence-electron chi connectivity index (χ4n) is 3.90. The van der Waals surface area contributed by atoms with Crippen LogP contribution in [0.2, 0.25) is 0 Å². The van der Waals surface area contributed by atoms with Gasteiger partial charge >= 0.3 is 0 Å². The van der Waals surface area contributed by atoms with Gasteiger partial charge in [0.1, 0.15) is 5.75 Å². The molecular formula is C22H19N3O. The molecule has 0 spiro atoms. The van der Waals surface area contributed by atoms with Gasteiger partial charge in [0, 0.05) is 22.9 Å².